The molecule has 1 aliphatic carbocycles. The topological polar surface area (TPSA) is 38.9 Å². The van der Waals surface area contributed by atoms with E-state index >= 15 is 0 Å². The standard InChI is InChI=1S/C12H18N2S/c13-12-8-4-5-10(14-12)9-15-11-6-2-1-3-7-11/h4-5,8,11H,1-3,6-7,9H2,(H2,13,14). The van der Waals surface area contributed by atoms with E-state index in [1.807, 2.05) is 23.9 Å². The van der Waals surface area contributed by atoms with Gasteiger partial charge in [0.05, 0.1) is 5.69 Å². The summed E-state index contributed by atoms with van der Waals surface area (Å²) < 4.78 is 0. The lowest BCUT2D eigenvalue weighted by atomic mass is 10.0. The van der Waals surface area contributed by atoms with Crippen molar-refractivity contribution in [3.63, 3.8) is 0 Å². The molecule has 1 saturated carbocycles. The van der Waals surface area contributed by atoms with E-state index in [1.54, 1.807) is 0 Å². The Bertz CT molecular complexity index is 308. The number of pyridine rings is 1. The molecule has 0 aliphatic heterocycles. The Morgan fingerprint density at radius 2 is 2.07 bits per heavy atom. The number of thioether (sulfide) groups is 1. The summed E-state index contributed by atoms with van der Waals surface area (Å²) in [5.74, 6) is 1.65. The number of anilines is 1. The van der Waals surface area contributed by atoms with E-state index < -0.39 is 0 Å². The van der Waals surface area contributed by atoms with Crippen molar-refractivity contribution in [2.75, 3.05) is 5.73 Å². The van der Waals surface area contributed by atoms with Crippen molar-refractivity contribution in [1.82, 2.24) is 4.98 Å². The second-order valence-electron chi connectivity index (χ2n) is 4.12. The van der Waals surface area contributed by atoms with Gasteiger partial charge in [-0.3, -0.25) is 0 Å². The lowest BCUT2D eigenvalue weighted by molar-refractivity contribution is 0.516. The molecule has 0 amide bonds. The largest absolute Gasteiger partial charge is 0.384 e. The van der Waals surface area contributed by atoms with Gasteiger partial charge in [0.2, 0.25) is 0 Å². The van der Waals surface area contributed by atoms with E-state index in [-0.39, 0.29) is 0 Å². The van der Waals surface area contributed by atoms with Crippen LogP contribution in [0.5, 0.6) is 0 Å². The van der Waals surface area contributed by atoms with Crippen LogP contribution in [0, 0.1) is 0 Å². The Morgan fingerprint density at radius 1 is 1.27 bits per heavy atom. The first-order chi connectivity index (χ1) is 7.34. The summed E-state index contributed by atoms with van der Waals surface area (Å²) >= 11 is 2.04. The number of rotatable bonds is 3. The van der Waals surface area contributed by atoms with Crippen LogP contribution in [-0.4, -0.2) is 10.2 Å². The molecular formula is C12H18N2S. The highest BCUT2D eigenvalue weighted by Gasteiger charge is 2.13. The van der Waals surface area contributed by atoms with Gasteiger partial charge in [-0.25, -0.2) is 4.98 Å². The molecule has 0 aromatic carbocycles. The Hall–Kier alpha value is -0.700. The maximum atomic E-state index is 5.65. The molecule has 15 heavy (non-hydrogen) atoms. The van der Waals surface area contributed by atoms with E-state index in [1.165, 1.54) is 32.1 Å². The lowest BCUT2D eigenvalue weighted by Crippen LogP contribution is -2.08. The second kappa shape index (κ2) is 5.40. The van der Waals surface area contributed by atoms with Crippen LogP contribution in [0.3, 0.4) is 0 Å². The average molecular weight is 222 g/mol. The number of aromatic nitrogens is 1. The zero-order valence-corrected chi connectivity index (χ0v) is 9.80. The quantitative estimate of drug-likeness (QED) is 0.853. The third kappa shape index (κ3) is 3.42. The molecule has 82 valence electrons. The van der Waals surface area contributed by atoms with Crippen molar-refractivity contribution in [1.29, 1.82) is 0 Å². The third-order valence-corrected chi connectivity index (χ3v) is 4.25. The van der Waals surface area contributed by atoms with Gasteiger partial charge in [-0.15, -0.1) is 0 Å². The summed E-state index contributed by atoms with van der Waals surface area (Å²) in [7, 11) is 0. The fourth-order valence-corrected chi connectivity index (χ4v) is 3.25. The first-order valence-electron chi connectivity index (χ1n) is 5.67. The van der Waals surface area contributed by atoms with Gasteiger partial charge in [0.25, 0.3) is 0 Å². The highest BCUT2D eigenvalue weighted by molar-refractivity contribution is 7.99. The van der Waals surface area contributed by atoms with Gasteiger partial charge in [0.1, 0.15) is 5.82 Å². The van der Waals surface area contributed by atoms with Crippen LogP contribution in [0.4, 0.5) is 5.82 Å². The molecule has 0 saturated heterocycles. The minimum atomic E-state index is 0.636. The molecule has 2 rings (SSSR count). The van der Waals surface area contributed by atoms with E-state index in [0.717, 1.165) is 16.7 Å². The maximum absolute atomic E-state index is 5.65. The summed E-state index contributed by atoms with van der Waals surface area (Å²) in [4.78, 5) is 4.31. The van der Waals surface area contributed by atoms with Crippen molar-refractivity contribution in [2.45, 2.75) is 43.1 Å². The maximum Gasteiger partial charge on any atom is 0.123 e. The number of nitrogen functional groups attached to an aromatic ring is 1. The molecular weight excluding hydrogens is 204 g/mol. The van der Waals surface area contributed by atoms with Gasteiger partial charge < -0.3 is 5.73 Å². The smallest absolute Gasteiger partial charge is 0.123 e. The fourth-order valence-electron chi connectivity index (χ4n) is 2.01. The van der Waals surface area contributed by atoms with Crippen LogP contribution in [0.15, 0.2) is 18.2 Å². The molecule has 2 nitrogen and oxygen atoms in total. The van der Waals surface area contributed by atoms with Gasteiger partial charge in [-0.1, -0.05) is 25.3 Å². The van der Waals surface area contributed by atoms with E-state index in [0.29, 0.717) is 5.82 Å². The minimum Gasteiger partial charge on any atom is -0.384 e. The molecule has 0 bridgehead atoms. The molecule has 2 N–H and O–H groups in total. The Morgan fingerprint density at radius 3 is 2.80 bits per heavy atom. The lowest BCUT2D eigenvalue weighted by Gasteiger charge is -2.20. The first kappa shape index (κ1) is 10.8. The molecule has 1 aromatic rings. The fraction of sp³-hybridized carbons (Fsp3) is 0.583. The summed E-state index contributed by atoms with van der Waals surface area (Å²) in [5, 5.41) is 0.849. The zero-order valence-electron chi connectivity index (χ0n) is 8.98. The Kier molecular flexibility index (Phi) is 3.89. The first-order valence-corrected chi connectivity index (χ1v) is 6.72. The summed E-state index contributed by atoms with van der Waals surface area (Å²) in [6.07, 6.45) is 7.00. The molecule has 1 aromatic heterocycles. The van der Waals surface area contributed by atoms with Crippen LogP contribution >= 0.6 is 11.8 Å². The number of nitrogens with two attached hydrogens (primary N) is 1. The van der Waals surface area contributed by atoms with Crippen LogP contribution in [0.25, 0.3) is 0 Å². The molecule has 0 unspecified atom stereocenters. The SMILES string of the molecule is Nc1cccc(CSC2CCCCC2)n1. The predicted octanol–water partition coefficient (Wildman–Crippen LogP) is 3.23. The summed E-state index contributed by atoms with van der Waals surface area (Å²) in [6, 6.07) is 5.89. The van der Waals surface area contributed by atoms with Crippen molar-refractivity contribution < 1.29 is 0 Å². The van der Waals surface area contributed by atoms with Gasteiger partial charge >= 0.3 is 0 Å². The molecule has 0 spiro atoms. The Labute approximate surface area is 95.7 Å². The zero-order chi connectivity index (χ0) is 10.5. The van der Waals surface area contributed by atoms with Crippen LogP contribution in [0.2, 0.25) is 0 Å². The molecule has 0 radical (unpaired) electrons. The monoisotopic (exact) mass is 222 g/mol. The van der Waals surface area contributed by atoms with Crippen molar-refractivity contribution in [2.24, 2.45) is 0 Å². The molecule has 1 fully saturated rings. The van der Waals surface area contributed by atoms with Gasteiger partial charge in [-0.2, -0.15) is 11.8 Å². The van der Waals surface area contributed by atoms with E-state index in [9.17, 15) is 0 Å². The predicted molar refractivity (Wildman–Crippen MR) is 66.8 cm³/mol. The molecule has 1 aliphatic rings. The van der Waals surface area contributed by atoms with Crippen LogP contribution in [-0.2, 0) is 5.75 Å². The van der Waals surface area contributed by atoms with Crippen LogP contribution < -0.4 is 5.73 Å². The van der Waals surface area contributed by atoms with Gasteiger partial charge in [-0.05, 0) is 25.0 Å². The minimum absolute atomic E-state index is 0.636. The molecule has 0 atom stereocenters. The normalized spacial score (nSPS) is 17.9. The average Bonchev–Trinajstić information content (AvgIpc) is 2.28. The van der Waals surface area contributed by atoms with E-state index in [2.05, 4.69) is 11.1 Å². The van der Waals surface area contributed by atoms with Crippen molar-refractivity contribution in [3.05, 3.63) is 23.9 Å². The van der Waals surface area contributed by atoms with Gasteiger partial charge in [0, 0.05) is 11.0 Å². The number of hydrogen-bond donors (Lipinski definition) is 1. The van der Waals surface area contributed by atoms with Gasteiger partial charge in [0.15, 0.2) is 0 Å². The summed E-state index contributed by atoms with van der Waals surface area (Å²) in [5.41, 5.74) is 6.76. The molecule has 3 heteroatoms. The highest BCUT2D eigenvalue weighted by atomic mass is 32.2. The third-order valence-electron chi connectivity index (χ3n) is 2.85. The highest BCUT2D eigenvalue weighted by Crippen LogP contribution is 2.30. The molecule has 1 heterocycles. The number of hydrogen-bond acceptors (Lipinski definition) is 3. The van der Waals surface area contributed by atoms with Crippen molar-refractivity contribution in [3.8, 4) is 0 Å². The van der Waals surface area contributed by atoms with Crippen LogP contribution in [0.1, 0.15) is 37.8 Å². The Balaban J connectivity index is 1.81. The van der Waals surface area contributed by atoms with E-state index in [4.69, 9.17) is 5.73 Å². The van der Waals surface area contributed by atoms with Crippen molar-refractivity contribution >= 4 is 17.6 Å². The summed E-state index contributed by atoms with van der Waals surface area (Å²) in [6.45, 7) is 0. The second-order valence-corrected chi connectivity index (χ2v) is 5.41. The number of nitrogens with zero attached hydrogens (tertiary/aromatic N) is 1.